The highest BCUT2D eigenvalue weighted by molar-refractivity contribution is 6.21. The normalized spacial score (nSPS) is 30.7. The number of halogens is 1. The van der Waals surface area contributed by atoms with E-state index in [2.05, 4.69) is 0 Å². The summed E-state index contributed by atoms with van der Waals surface area (Å²) in [7, 11) is 0. The molecule has 1 aliphatic heterocycles. The summed E-state index contributed by atoms with van der Waals surface area (Å²) in [5.74, 6) is -0.669. The van der Waals surface area contributed by atoms with Crippen LogP contribution in [0.4, 0.5) is 0 Å². The zero-order chi connectivity index (χ0) is 13.9. The van der Waals surface area contributed by atoms with Gasteiger partial charge in [-0.25, -0.2) is 0 Å². The molecule has 5 nitrogen and oxygen atoms in total. The van der Waals surface area contributed by atoms with Crippen LogP contribution in [0.15, 0.2) is 0 Å². The molecule has 0 aromatic carbocycles. The van der Waals surface area contributed by atoms with Crippen LogP contribution in [0.25, 0.3) is 0 Å². The molecule has 1 rings (SSSR count). The van der Waals surface area contributed by atoms with Gasteiger partial charge in [0.05, 0.1) is 17.4 Å². The fourth-order valence-corrected chi connectivity index (χ4v) is 2.33. The quantitative estimate of drug-likeness (QED) is 0.485. The summed E-state index contributed by atoms with van der Waals surface area (Å²) in [6, 6.07) is 0. The van der Waals surface area contributed by atoms with Crippen LogP contribution in [0.5, 0.6) is 0 Å². The number of ether oxygens (including phenoxy) is 1. The summed E-state index contributed by atoms with van der Waals surface area (Å²) in [6.07, 6.45) is -2.72. The molecule has 6 atom stereocenters. The Balaban J connectivity index is 2.55. The smallest absolute Gasteiger partial charge is 0.309 e. The molecule has 1 unspecified atom stereocenters. The molecule has 0 aliphatic carbocycles. The first-order chi connectivity index (χ1) is 8.38. The molecule has 6 heteroatoms. The Bertz CT molecular complexity index is 286. The third-order valence-corrected chi connectivity index (χ3v) is 3.81. The summed E-state index contributed by atoms with van der Waals surface area (Å²) in [4.78, 5) is 11.2. The lowest BCUT2D eigenvalue weighted by molar-refractivity contribution is -0.151. The Labute approximate surface area is 112 Å². The van der Waals surface area contributed by atoms with E-state index in [1.807, 2.05) is 6.92 Å². The molecule has 3 N–H and O–H groups in total. The molecule has 0 spiro atoms. The number of aliphatic hydroxyl groups excluding tert-OH is 3. The van der Waals surface area contributed by atoms with Crippen molar-refractivity contribution in [2.45, 2.75) is 62.9 Å². The molecule has 0 saturated carbocycles. The first-order valence-corrected chi connectivity index (χ1v) is 6.70. The maximum absolute atomic E-state index is 11.2. The van der Waals surface area contributed by atoms with Gasteiger partial charge in [0.15, 0.2) is 0 Å². The second-order valence-electron chi connectivity index (χ2n) is 4.89. The van der Waals surface area contributed by atoms with E-state index in [1.54, 1.807) is 6.92 Å². The highest BCUT2D eigenvalue weighted by Crippen LogP contribution is 2.27. The maximum atomic E-state index is 11.2. The van der Waals surface area contributed by atoms with E-state index >= 15 is 0 Å². The minimum absolute atomic E-state index is 0.286. The Kier molecular flexibility index (Phi) is 5.85. The van der Waals surface area contributed by atoms with E-state index in [9.17, 15) is 20.1 Å². The molecule has 0 aromatic rings. The SMILES string of the molecule is CCC[C@@H](O)[C@@H](Cl)[C@@H](O)C(O)[C@@H]1C[C@H](C)C(=O)O1. The van der Waals surface area contributed by atoms with Crippen molar-refractivity contribution in [2.24, 2.45) is 5.92 Å². The number of esters is 1. The van der Waals surface area contributed by atoms with Crippen molar-refractivity contribution in [1.82, 2.24) is 0 Å². The Morgan fingerprint density at radius 2 is 2.06 bits per heavy atom. The van der Waals surface area contributed by atoms with Crippen molar-refractivity contribution in [1.29, 1.82) is 0 Å². The third-order valence-electron chi connectivity index (χ3n) is 3.26. The lowest BCUT2D eigenvalue weighted by Crippen LogP contribution is -2.46. The minimum atomic E-state index is -1.32. The molecule has 1 heterocycles. The summed E-state index contributed by atoms with van der Waals surface area (Å²) < 4.78 is 4.96. The molecule has 0 amide bonds. The van der Waals surface area contributed by atoms with Crippen molar-refractivity contribution in [3.8, 4) is 0 Å². The Morgan fingerprint density at radius 3 is 2.50 bits per heavy atom. The minimum Gasteiger partial charge on any atom is -0.459 e. The fourth-order valence-electron chi connectivity index (χ4n) is 2.06. The predicted molar refractivity (Wildman–Crippen MR) is 66.2 cm³/mol. The number of hydrogen-bond donors (Lipinski definition) is 3. The van der Waals surface area contributed by atoms with Gasteiger partial charge < -0.3 is 20.1 Å². The third kappa shape index (κ3) is 3.57. The summed E-state index contributed by atoms with van der Waals surface area (Å²) in [6.45, 7) is 3.58. The van der Waals surface area contributed by atoms with E-state index < -0.39 is 29.8 Å². The lowest BCUT2D eigenvalue weighted by atomic mass is 9.96. The molecular formula is C12H21ClO5. The van der Waals surface area contributed by atoms with Crippen molar-refractivity contribution in [3.63, 3.8) is 0 Å². The number of carbonyl (C=O) groups is 1. The molecule has 1 aliphatic rings. The van der Waals surface area contributed by atoms with Gasteiger partial charge in [-0.15, -0.1) is 11.6 Å². The standard InChI is InChI=1S/C12H21ClO5/c1-3-4-7(14)9(13)11(16)10(15)8-5-6(2)12(17)18-8/h6-11,14-16H,3-5H2,1-2H3/t6-,7+,8-,9+,10?,11+/m0/s1. The second-order valence-corrected chi connectivity index (χ2v) is 5.40. The van der Waals surface area contributed by atoms with Gasteiger partial charge in [-0.05, 0) is 6.42 Å². The lowest BCUT2D eigenvalue weighted by Gasteiger charge is -2.28. The summed E-state index contributed by atoms with van der Waals surface area (Å²) >= 11 is 5.91. The maximum Gasteiger partial charge on any atom is 0.309 e. The molecule has 106 valence electrons. The van der Waals surface area contributed by atoms with Crippen LogP contribution in [0.2, 0.25) is 0 Å². The van der Waals surface area contributed by atoms with E-state index in [4.69, 9.17) is 16.3 Å². The monoisotopic (exact) mass is 280 g/mol. The van der Waals surface area contributed by atoms with Crippen LogP contribution < -0.4 is 0 Å². The van der Waals surface area contributed by atoms with Gasteiger partial charge in [0.1, 0.15) is 18.3 Å². The Morgan fingerprint density at radius 1 is 1.44 bits per heavy atom. The molecule has 1 saturated heterocycles. The van der Waals surface area contributed by atoms with E-state index in [0.717, 1.165) is 6.42 Å². The van der Waals surface area contributed by atoms with E-state index in [1.165, 1.54) is 0 Å². The largest absolute Gasteiger partial charge is 0.459 e. The molecule has 0 bridgehead atoms. The van der Waals surface area contributed by atoms with E-state index in [0.29, 0.717) is 12.8 Å². The van der Waals surface area contributed by atoms with Crippen molar-refractivity contribution >= 4 is 17.6 Å². The topological polar surface area (TPSA) is 87.0 Å². The summed E-state index contributed by atoms with van der Waals surface area (Å²) in [5.41, 5.74) is 0. The first kappa shape index (κ1) is 15.7. The van der Waals surface area contributed by atoms with Gasteiger partial charge in [0, 0.05) is 6.42 Å². The Hall–Kier alpha value is -0.360. The highest BCUT2D eigenvalue weighted by atomic mass is 35.5. The van der Waals surface area contributed by atoms with Crippen LogP contribution in [-0.4, -0.2) is 51.1 Å². The number of hydrogen-bond acceptors (Lipinski definition) is 5. The molecular weight excluding hydrogens is 260 g/mol. The van der Waals surface area contributed by atoms with Crippen LogP contribution in [0.1, 0.15) is 33.1 Å². The fraction of sp³-hybridized carbons (Fsp3) is 0.917. The zero-order valence-electron chi connectivity index (χ0n) is 10.6. The predicted octanol–water partition coefficient (Wildman–Crippen LogP) is 0.428. The molecule has 0 radical (unpaired) electrons. The first-order valence-electron chi connectivity index (χ1n) is 6.27. The van der Waals surface area contributed by atoms with Crippen LogP contribution >= 0.6 is 11.6 Å². The van der Waals surface area contributed by atoms with Gasteiger partial charge in [-0.3, -0.25) is 4.79 Å². The van der Waals surface area contributed by atoms with Gasteiger partial charge in [-0.2, -0.15) is 0 Å². The number of rotatable bonds is 6. The average Bonchev–Trinajstić information content (AvgIpc) is 2.67. The average molecular weight is 281 g/mol. The zero-order valence-corrected chi connectivity index (χ0v) is 11.4. The van der Waals surface area contributed by atoms with Gasteiger partial charge in [-0.1, -0.05) is 20.3 Å². The number of aliphatic hydroxyl groups is 3. The highest BCUT2D eigenvalue weighted by Gasteiger charge is 2.41. The van der Waals surface area contributed by atoms with Crippen molar-refractivity contribution < 1.29 is 24.9 Å². The van der Waals surface area contributed by atoms with Crippen molar-refractivity contribution in [3.05, 3.63) is 0 Å². The number of cyclic esters (lactones) is 1. The van der Waals surface area contributed by atoms with Gasteiger partial charge >= 0.3 is 5.97 Å². The van der Waals surface area contributed by atoms with Crippen molar-refractivity contribution in [2.75, 3.05) is 0 Å². The molecule has 1 fully saturated rings. The number of alkyl halides is 1. The van der Waals surface area contributed by atoms with Crippen LogP contribution in [-0.2, 0) is 9.53 Å². The molecule has 18 heavy (non-hydrogen) atoms. The van der Waals surface area contributed by atoms with Gasteiger partial charge in [0.2, 0.25) is 0 Å². The number of carbonyl (C=O) groups excluding carboxylic acids is 1. The van der Waals surface area contributed by atoms with Crippen LogP contribution in [0.3, 0.4) is 0 Å². The van der Waals surface area contributed by atoms with Gasteiger partial charge in [0.25, 0.3) is 0 Å². The molecule has 0 aromatic heterocycles. The van der Waals surface area contributed by atoms with E-state index in [-0.39, 0.29) is 11.9 Å². The summed E-state index contributed by atoms with van der Waals surface area (Å²) in [5, 5.41) is 28.5. The second kappa shape index (κ2) is 6.70. The van der Waals surface area contributed by atoms with Crippen LogP contribution in [0, 0.1) is 5.92 Å².